The molecule has 2 heteroatoms. The Kier molecular flexibility index (Phi) is 8.81. The van der Waals surface area contributed by atoms with Crippen LogP contribution in [0.3, 0.4) is 0 Å². The molecule has 0 saturated carbocycles. The van der Waals surface area contributed by atoms with Crippen LogP contribution in [0.25, 0.3) is 6.08 Å². The second kappa shape index (κ2) is 10.5. The molecule has 0 radical (unpaired) electrons. The second-order valence-corrected chi connectivity index (χ2v) is 5.11. The van der Waals surface area contributed by atoms with Gasteiger partial charge in [0.15, 0.2) is 0 Å². The van der Waals surface area contributed by atoms with Crippen molar-refractivity contribution >= 4 is 6.08 Å². The first kappa shape index (κ1) is 16.8. The summed E-state index contributed by atoms with van der Waals surface area (Å²) in [6.07, 6.45) is 6.86. The summed E-state index contributed by atoms with van der Waals surface area (Å²) < 4.78 is 11.4. The Bertz CT molecular complexity index is 356. The largest absolute Gasteiger partial charge is 0.491 e. The van der Waals surface area contributed by atoms with Gasteiger partial charge in [-0.25, -0.2) is 0 Å². The van der Waals surface area contributed by atoms with Crippen molar-refractivity contribution in [2.24, 2.45) is 5.92 Å². The Morgan fingerprint density at radius 1 is 1.15 bits per heavy atom. The van der Waals surface area contributed by atoms with E-state index in [9.17, 15) is 0 Å². The molecule has 0 saturated heterocycles. The lowest BCUT2D eigenvalue weighted by Crippen LogP contribution is -2.13. The Morgan fingerprint density at radius 2 is 1.90 bits per heavy atom. The van der Waals surface area contributed by atoms with E-state index >= 15 is 0 Å². The Morgan fingerprint density at radius 3 is 2.50 bits per heavy atom. The summed E-state index contributed by atoms with van der Waals surface area (Å²) in [5.41, 5.74) is 1.11. The molecule has 0 aromatic heterocycles. The highest BCUT2D eigenvalue weighted by atomic mass is 16.5. The molecule has 2 nitrogen and oxygen atoms in total. The summed E-state index contributed by atoms with van der Waals surface area (Å²) in [6.45, 7) is 10.3. The summed E-state index contributed by atoms with van der Waals surface area (Å²) in [5.74, 6) is 1.58. The van der Waals surface area contributed by atoms with Crippen LogP contribution in [0.4, 0.5) is 0 Å². The number of hydrogen-bond donors (Lipinski definition) is 0. The molecule has 0 heterocycles. The van der Waals surface area contributed by atoms with Gasteiger partial charge in [-0.2, -0.15) is 0 Å². The van der Waals surface area contributed by atoms with E-state index in [2.05, 4.69) is 20.4 Å². The van der Waals surface area contributed by atoms with E-state index in [0.717, 1.165) is 17.9 Å². The first-order valence-corrected chi connectivity index (χ1v) is 7.73. The molecule has 0 aliphatic rings. The summed E-state index contributed by atoms with van der Waals surface area (Å²) in [7, 11) is 0. The Labute approximate surface area is 123 Å². The van der Waals surface area contributed by atoms with E-state index in [1.165, 1.54) is 25.7 Å². The third kappa shape index (κ3) is 6.76. The van der Waals surface area contributed by atoms with Crippen LogP contribution < -0.4 is 4.74 Å². The predicted octanol–water partition coefficient (Wildman–Crippen LogP) is 4.94. The van der Waals surface area contributed by atoms with Crippen LogP contribution in [-0.2, 0) is 4.74 Å². The zero-order valence-corrected chi connectivity index (χ0v) is 12.9. The van der Waals surface area contributed by atoms with Crippen molar-refractivity contribution in [1.82, 2.24) is 0 Å². The van der Waals surface area contributed by atoms with Crippen molar-refractivity contribution in [1.29, 1.82) is 0 Å². The molecule has 0 bridgehead atoms. The number of unbranched alkanes of at least 4 members (excludes halogenated alkanes) is 1. The summed E-state index contributed by atoms with van der Waals surface area (Å²) in [5, 5.41) is 0. The van der Waals surface area contributed by atoms with Gasteiger partial charge in [0.2, 0.25) is 0 Å². The van der Waals surface area contributed by atoms with Gasteiger partial charge >= 0.3 is 0 Å². The SMILES string of the molecule is C=Cc1ccc(OCCOCC(CC)CCCC)cc1. The molecule has 0 aliphatic heterocycles. The van der Waals surface area contributed by atoms with E-state index in [0.29, 0.717) is 19.1 Å². The van der Waals surface area contributed by atoms with Gasteiger partial charge in [0, 0.05) is 6.61 Å². The van der Waals surface area contributed by atoms with E-state index in [-0.39, 0.29) is 0 Å². The van der Waals surface area contributed by atoms with Crippen LogP contribution >= 0.6 is 0 Å². The summed E-state index contributed by atoms with van der Waals surface area (Å²) in [6, 6.07) is 7.93. The van der Waals surface area contributed by atoms with Gasteiger partial charge in [-0.3, -0.25) is 0 Å². The molecule has 0 spiro atoms. The van der Waals surface area contributed by atoms with Crippen LogP contribution in [-0.4, -0.2) is 19.8 Å². The fourth-order valence-electron chi connectivity index (χ4n) is 2.07. The lowest BCUT2D eigenvalue weighted by atomic mass is 10.0. The molecule has 0 N–H and O–H groups in total. The molecule has 1 rings (SSSR count). The monoisotopic (exact) mass is 276 g/mol. The molecule has 20 heavy (non-hydrogen) atoms. The van der Waals surface area contributed by atoms with Gasteiger partial charge in [0.1, 0.15) is 12.4 Å². The van der Waals surface area contributed by atoms with Crippen molar-refractivity contribution in [3.8, 4) is 5.75 Å². The lowest BCUT2D eigenvalue weighted by Gasteiger charge is -2.14. The van der Waals surface area contributed by atoms with E-state index in [1.54, 1.807) is 0 Å². The highest BCUT2D eigenvalue weighted by molar-refractivity contribution is 5.48. The number of benzene rings is 1. The van der Waals surface area contributed by atoms with Gasteiger partial charge in [0.25, 0.3) is 0 Å². The van der Waals surface area contributed by atoms with Crippen LogP contribution in [0.5, 0.6) is 5.75 Å². The topological polar surface area (TPSA) is 18.5 Å². The number of ether oxygens (including phenoxy) is 2. The number of rotatable bonds is 11. The Hall–Kier alpha value is -1.28. The van der Waals surface area contributed by atoms with Crippen LogP contribution in [0, 0.1) is 5.92 Å². The maximum Gasteiger partial charge on any atom is 0.119 e. The second-order valence-electron chi connectivity index (χ2n) is 5.11. The maximum absolute atomic E-state index is 5.71. The van der Waals surface area contributed by atoms with Crippen LogP contribution in [0.15, 0.2) is 30.8 Å². The number of hydrogen-bond acceptors (Lipinski definition) is 2. The average Bonchev–Trinajstić information content (AvgIpc) is 2.50. The van der Waals surface area contributed by atoms with Crippen molar-refractivity contribution in [3.05, 3.63) is 36.4 Å². The molecule has 1 unspecified atom stereocenters. The molecule has 0 fully saturated rings. The first-order chi connectivity index (χ1) is 9.80. The summed E-state index contributed by atoms with van der Waals surface area (Å²) in [4.78, 5) is 0. The van der Waals surface area contributed by atoms with E-state index < -0.39 is 0 Å². The predicted molar refractivity (Wildman–Crippen MR) is 86.2 cm³/mol. The van der Waals surface area contributed by atoms with Gasteiger partial charge in [-0.05, 0) is 30.0 Å². The molecular formula is C18H28O2. The highest BCUT2D eigenvalue weighted by Gasteiger charge is 2.05. The average molecular weight is 276 g/mol. The van der Waals surface area contributed by atoms with Crippen molar-refractivity contribution in [2.75, 3.05) is 19.8 Å². The Balaban J connectivity index is 2.12. The first-order valence-electron chi connectivity index (χ1n) is 7.73. The smallest absolute Gasteiger partial charge is 0.119 e. The van der Waals surface area contributed by atoms with Crippen molar-refractivity contribution < 1.29 is 9.47 Å². The molecule has 1 aromatic carbocycles. The van der Waals surface area contributed by atoms with Crippen molar-refractivity contribution in [3.63, 3.8) is 0 Å². The van der Waals surface area contributed by atoms with Crippen LogP contribution in [0.2, 0.25) is 0 Å². The molecule has 1 atom stereocenters. The maximum atomic E-state index is 5.71. The molecule has 1 aromatic rings. The third-order valence-electron chi connectivity index (χ3n) is 3.51. The highest BCUT2D eigenvalue weighted by Crippen LogP contribution is 2.14. The summed E-state index contributed by atoms with van der Waals surface area (Å²) >= 11 is 0. The quantitative estimate of drug-likeness (QED) is 0.533. The molecule has 0 aliphatic carbocycles. The van der Waals surface area contributed by atoms with Gasteiger partial charge in [-0.15, -0.1) is 0 Å². The van der Waals surface area contributed by atoms with Crippen molar-refractivity contribution in [2.45, 2.75) is 39.5 Å². The zero-order chi connectivity index (χ0) is 14.6. The standard InChI is InChI=1S/C18H28O2/c1-4-7-8-17(6-3)15-19-13-14-20-18-11-9-16(5-2)10-12-18/h5,9-12,17H,2,4,6-8,13-15H2,1,3H3. The molecule has 0 amide bonds. The van der Waals surface area contributed by atoms with E-state index in [1.807, 2.05) is 30.3 Å². The fourth-order valence-corrected chi connectivity index (χ4v) is 2.07. The molecule has 112 valence electrons. The normalized spacial score (nSPS) is 12.1. The molecular weight excluding hydrogens is 248 g/mol. The minimum Gasteiger partial charge on any atom is -0.491 e. The van der Waals surface area contributed by atoms with E-state index in [4.69, 9.17) is 9.47 Å². The minimum atomic E-state index is 0.609. The van der Waals surface area contributed by atoms with Gasteiger partial charge in [-0.1, -0.05) is 57.9 Å². The third-order valence-corrected chi connectivity index (χ3v) is 3.51. The fraction of sp³-hybridized carbons (Fsp3) is 0.556. The van der Waals surface area contributed by atoms with Gasteiger partial charge < -0.3 is 9.47 Å². The lowest BCUT2D eigenvalue weighted by molar-refractivity contribution is 0.0699. The minimum absolute atomic E-state index is 0.609. The zero-order valence-electron chi connectivity index (χ0n) is 12.9. The van der Waals surface area contributed by atoms with Gasteiger partial charge in [0.05, 0.1) is 6.61 Å². The van der Waals surface area contributed by atoms with Crippen LogP contribution in [0.1, 0.15) is 45.1 Å².